The van der Waals surface area contributed by atoms with Crippen LogP contribution in [0.15, 0.2) is 18.2 Å². The van der Waals surface area contributed by atoms with E-state index in [-0.39, 0.29) is 5.97 Å². The zero-order valence-electron chi connectivity index (χ0n) is 11.8. The third-order valence-corrected chi connectivity index (χ3v) is 4.39. The van der Waals surface area contributed by atoms with E-state index >= 15 is 0 Å². The van der Waals surface area contributed by atoms with Crippen LogP contribution < -0.4 is 9.47 Å². The van der Waals surface area contributed by atoms with Gasteiger partial charge in [0.25, 0.3) is 0 Å². The highest BCUT2D eigenvalue weighted by atomic mass is 16.7. The standard InChI is InChI=1S/C16H20O4/c1-18-16(17)9-11-4-2-3-5-13(11)12-6-7-14-15(8-12)20-10-19-14/h6-8,11,13H,2-5,9-10H2,1H3. The number of methoxy groups -OCH3 is 1. The lowest BCUT2D eigenvalue weighted by Gasteiger charge is -2.31. The molecular weight excluding hydrogens is 256 g/mol. The number of esters is 1. The molecule has 0 spiro atoms. The van der Waals surface area contributed by atoms with Crippen LogP contribution in [0, 0.1) is 5.92 Å². The molecule has 3 rings (SSSR count). The van der Waals surface area contributed by atoms with Crippen molar-refractivity contribution in [2.24, 2.45) is 5.92 Å². The molecule has 1 aromatic rings. The van der Waals surface area contributed by atoms with Gasteiger partial charge in [-0.1, -0.05) is 18.9 Å². The Morgan fingerprint density at radius 1 is 1.25 bits per heavy atom. The van der Waals surface area contributed by atoms with Gasteiger partial charge in [0.1, 0.15) is 0 Å². The second-order valence-corrected chi connectivity index (χ2v) is 5.54. The summed E-state index contributed by atoms with van der Waals surface area (Å²) in [4.78, 5) is 11.6. The number of ether oxygens (including phenoxy) is 3. The lowest BCUT2D eigenvalue weighted by Crippen LogP contribution is -2.21. The second-order valence-electron chi connectivity index (χ2n) is 5.54. The van der Waals surface area contributed by atoms with E-state index < -0.39 is 0 Å². The van der Waals surface area contributed by atoms with Crippen molar-refractivity contribution in [1.82, 2.24) is 0 Å². The Balaban J connectivity index is 1.80. The Hall–Kier alpha value is -1.71. The maximum atomic E-state index is 11.6. The first kappa shape index (κ1) is 13.3. The fraction of sp³-hybridized carbons (Fsp3) is 0.562. The van der Waals surface area contributed by atoms with E-state index in [0.29, 0.717) is 25.0 Å². The second kappa shape index (κ2) is 5.73. The predicted octanol–water partition coefficient (Wildman–Crippen LogP) is 3.25. The first-order chi connectivity index (χ1) is 9.78. The summed E-state index contributed by atoms with van der Waals surface area (Å²) >= 11 is 0. The number of carbonyl (C=O) groups excluding carboxylic acids is 1. The van der Waals surface area contributed by atoms with Gasteiger partial charge in [-0.25, -0.2) is 0 Å². The molecule has 108 valence electrons. The summed E-state index contributed by atoms with van der Waals surface area (Å²) in [5, 5.41) is 0. The lowest BCUT2D eigenvalue weighted by atomic mass is 9.74. The molecule has 2 atom stereocenters. The molecule has 0 N–H and O–H groups in total. The third kappa shape index (κ3) is 2.60. The van der Waals surface area contributed by atoms with Gasteiger partial charge in [-0.15, -0.1) is 0 Å². The minimum absolute atomic E-state index is 0.109. The Labute approximate surface area is 119 Å². The largest absolute Gasteiger partial charge is 0.469 e. The number of hydrogen-bond donors (Lipinski definition) is 0. The molecule has 0 saturated heterocycles. The van der Waals surface area contributed by atoms with Gasteiger partial charge in [0.2, 0.25) is 6.79 Å². The molecule has 4 heteroatoms. The van der Waals surface area contributed by atoms with Gasteiger partial charge in [-0.2, -0.15) is 0 Å². The van der Waals surface area contributed by atoms with Crippen LogP contribution in [-0.4, -0.2) is 19.9 Å². The van der Waals surface area contributed by atoms with Crippen LogP contribution in [0.3, 0.4) is 0 Å². The number of hydrogen-bond acceptors (Lipinski definition) is 4. The Kier molecular flexibility index (Phi) is 3.81. The Bertz CT molecular complexity index is 497. The van der Waals surface area contributed by atoms with Crippen molar-refractivity contribution >= 4 is 5.97 Å². The molecule has 4 nitrogen and oxygen atoms in total. The summed E-state index contributed by atoms with van der Waals surface area (Å²) in [7, 11) is 1.46. The zero-order valence-corrected chi connectivity index (χ0v) is 11.8. The molecule has 0 bridgehead atoms. The van der Waals surface area contributed by atoms with Gasteiger partial charge in [0, 0.05) is 6.42 Å². The lowest BCUT2D eigenvalue weighted by molar-refractivity contribution is -0.142. The smallest absolute Gasteiger partial charge is 0.305 e. The number of fused-ring (bicyclic) bond motifs is 1. The van der Waals surface area contributed by atoms with Crippen LogP contribution in [0.25, 0.3) is 0 Å². The van der Waals surface area contributed by atoms with Crippen molar-refractivity contribution in [3.05, 3.63) is 23.8 Å². The highest BCUT2D eigenvalue weighted by Gasteiger charge is 2.29. The molecule has 0 aromatic heterocycles. The van der Waals surface area contributed by atoms with Gasteiger partial charge >= 0.3 is 5.97 Å². The van der Waals surface area contributed by atoms with Crippen LogP contribution >= 0.6 is 0 Å². The van der Waals surface area contributed by atoms with Crippen LogP contribution in [0.5, 0.6) is 11.5 Å². The van der Waals surface area contributed by atoms with Crippen molar-refractivity contribution in [3.8, 4) is 11.5 Å². The van der Waals surface area contributed by atoms with E-state index in [0.717, 1.165) is 24.3 Å². The molecule has 2 aliphatic rings. The van der Waals surface area contributed by atoms with Crippen molar-refractivity contribution in [2.75, 3.05) is 13.9 Å². The third-order valence-electron chi connectivity index (χ3n) is 4.39. The zero-order chi connectivity index (χ0) is 13.9. The first-order valence-electron chi connectivity index (χ1n) is 7.24. The van der Waals surface area contributed by atoms with Gasteiger partial charge in [0.15, 0.2) is 11.5 Å². The quantitative estimate of drug-likeness (QED) is 0.795. The fourth-order valence-electron chi connectivity index (χ4n) is 3.33. The molecular formula is C16H20O4. The molecule has 1 aliphatic heterocycles. The number of carbonyl (C=O) groups is 1. The number of benzene rings is 1. The average molecular weight is 276 g/mol. The van der Waals surface area contributed by atoms with E-state index in [9.17, 15) is 4.79 Å². The summed E-state index contributed by atoms with van der Waals surface area (Å²) < 4.78 is 15.6. The molecule has 1 aliphatic carbocycles. The maximum absolute atomic E-state index is 11.6. The van der Waals surface area contributed by atoms with Crippen LogP contribution in [0.1, 0.15) is 43.6 Å². The topological polar surface area (TPSA) is 44.8 Å². The van der Waals surface area contributed by atoms with E-state index in [2.05, 4.69) is 12.1 Å². The van der Waals surface area contributed by atoms with Crippen molar-refractivity contribution in [3.63, 3.8) is 0 Å². The molecule has 0 radical (unpaired) electrons. The highest BCUT2D eigenvalue weighted by Crippen LogP contribution is 2.43. The van der Waals surface area contributed by atoms with Crippen molar-refractivity contribution in [2.45, 2.75) is 38.0 Å². The minimum Gasteiger partial charge on any atom is -0.469 e. The van der Waals surface area contributed by atoms with Crippen LogP contribution in [0.4, 0.5) is 0 Å². The van der Waals surface area contributed by atoms with Gasteiger partial charge in [-0.3, -0.25) is 4.79 Å². The number of rotatable bonds is 3. The average Bonchev–Trinajstić information content (AvgIpc) is 2.95. The Morgan fingerprint density at radius 3 is 2.90 bits per heavy atom. The summed E-state index contributed by atoms with van der Waals surface area (Å²) in [6, 6.07) is 6.15. The molecule has 1 saturated carbocycles. The first-order valence-corrected chi connectivity index (χ1v) is 7.24. The highest BCUT2D eigenvalue weighted by molar-refractivity contribution is 5.69. The molecule has 1 heterocycles. The molecule has 20 heavy (non-hydrogen) atoms. The van der Waals surface area contributed by atoms with E-state index in [1.165, 1.54) is 25.5 Å². The van der Waals surface area contributed by atoms with Gasteiger partial charge < -0.3 is 14.2 Å². The molecule has 0 amide bonds. The Morgan fingerprint density at radius 2 is 2.05 bits per heavy atom. The summed E-state index contributed by atoms with van der Waals surface area (Å²) in [5.41, 5.74) is 1.25. The normalized spacial score (nSPS) is 24.4. The van der Waals surface area contributed by atoms with E-state index in [4.69, 9.17) is 14.2 Å². The monoisotopic (exact) mass is 276 g/mol. The molecule has 1 fully saturated rings. The van der Waals surface area contributed by atoms with E-state index in [1.54, 1.807) is 0 Å². The maximum Gasteiger partial charge on any atom is 0.305 e. The summed E-state index contributed by atoms with van der Waals surface area (Å²) in [6.45, 7) is 0.301. The fourth-order valence-corrected chi connectivity index (χ4v) is 3.33. The SMILES string of the molecule is COC(=O)CC1CCCCC1c1ccc2c(c1)OCO2. The summed E-state index contributed by atoms with van der Waals surface area (Å²) in [5.74, 6) is 2.32. The van der Waals surface area contributed by atoms with Crippen molar-refractivity contribution < 1.29 is 19.0 Å². The van der Waals surface area contributed by atoms with E-state index in [1.807, 2.05) is 6.07 Å². The molecule has 2 unspecified atom stereocenters. The van der Waals surface area contributed by atoms with Crippen molar-refractivity contribution in [1.29, 1.82) is 0 Å². The van der Waals surface area contributed by atoms with Crippen LogP contribution in [-0.2, 0) is 9.53 Å². The molecule has 1 aromatic carbocycles. The van der Waals surface area contributed by atoms with Gasteiger partial charge in [0.05, 0.1) is 7.11 Å². The van der Waals surface area contributed by atoms with Crippen LogP contribution in [0.2, 0.25) is 0 Å². The summed E-state index contributed by atoms with van der Waals surface area (Å²) in [6.07, 6.45) is 5.14. The van der Waals surface area contributed by atoms with Gasteiger partial charge in [-0.05, 0) is 42.4 Å². The minimum atomic E-state index is -0.109. The predicted molar refractivity (Wildman–Crippen MR) is 73.9 cm³/mol.